The van der Waals surface area contributed by atoms with Crippen LogP contribution in [0.3, 0.4) is 0 Å². The maximum absolute atomic E-state index is 13.7. The molecule has 2 fully saturated rings. The Bertz CT molecular complexity index is 1150. The molecule has 3 aliphatic rings. The molecule has 0 aromatic heterocycles. The van der Waals surface area contributed by atoms with E-state index in [4.69, 9.17) is 4.74 Å². The molecule has 0 saturated carbocycles. The monoisotopic (exact) mass is 455 g/mol. The Kier molecular flexibility index (Phi) is 5.59. The van der Waals surface area contributed by atoms with Crippen molar-refractivity contribution in [3.63, 3.8) is 0 Å². The summed E-state index contributed by atoms with van der Waals surface area (Å²) in [4.78, 5) is 15.4. The van der Waals surface area contributed by atoms with Crippen LogP contribution in [0, 0.1) is 6.92 Å². The fourth-order valence-corrected chi connectivity index (χ4v) is 6.52. The van der Waals surface area contributed by atoms with E-state index in [0.29, 0.717) is 36.0 Å². The number of sulfonamides is 1. The van der Waals surface area contributed by atoms with E-state index in [2.05, 4.69) is 10.2 Å². The summed E-state index contributed by atoms with van der Waals surface area (Å²) in [5.41, 5.74) is 2.47. The van der Waals surface area contributed by atoms with E-state index in [1.54, 1.807) is 10.4 Å². The molecular weight excluding hydrogens is 426 g/mol. The standard InChI is InChI=1S/C24H29N3O4S/c1-17-8-9-21-19(14-17)25-24(28)18-15-23(32(29,30)27-12-6-3-7-13-27)20(16-22(18)31-21)26-10-4-2-5-11-26/h8-9,14-16H,2-7,10-13H2,1H3,(H,25,28). The number of ether oxygens (including phenoxy) is 1. The van der Waals surface area contributed by atoms with E-state index in [9.17, 15) is 13.2 Å². The van der Waals surface area contributed by atoms with Crippen LogP contribution in [0.1, 0.15) is 54.4 Å². The first kappa shape index (κ1) is 21.3. The average Bonchev–Trinajstić information content (AvgIpc) is 2.94. The summed E-state index contributed by atoms with van der Waals surface area (Å²) >= 11 is 0. The van der Waals surface area contributed by atoms with Crippen LogP contribution in [0.4, 0.5) is 11.4 Å². The van der Waals surface area contributed by atoms with Crippen molar-refractivity contribution >= 4 is 27.3 Å². The average molecular weight is 456 g/mol. The minimum absolute atomic E-state index is 0.209. The second-order valence-corrected chi connectivity index (χ2v) is 10.8. The maximum atomic E-state index is 13.7. The number of amides is 1. The highest BCUT2D eigenvalue weighted by Crippen LogP contribution is 2.42. The zero-order valence-electron chi connectivity index (χ0n) is 18.4. The molecule has 2 saturated heterocycles. The van der Waals surface area contributed by atoms with Crippen LogP contribution < -0.4 is 15.0 Å². The Hall–Kier alpha value is -2.58. The van der Waals surface area contributed by atoms with Gasteiger partial charge in [0.15, 0.2) is 5.75 Å². The van der Waals surface area contributed by atoms with E-state index in [0.717, 1.165) is 57.2 Å². The van der Waals surface area contributed by atoms with Gasteiger partial charge in [0.05, 0.1) is 16.9 Å². The minimum atomic E-state index is -3.73. The third-order valence-corrected chi connectivity index (χ3v) is 8.47. The lowest BCUT2D eigenvalue weighted by Gasteiger charge is -2.33. The highest BCUT2D eigenvalue weighted by Gasteiger charge is 2.33. The van der Waals surface area contributed by atoms with Gasteiger partial charge in [-0.3, -0.25) is 4.79 Å². The zero-order chi connectivity index (χ0) is 22.3. The van der Waals surface area contributed by atoms with Gasteiger partial charge in [0.25, 0.3) is 5.91 Å². The number of fused-ring (bicyclic) bond motifs is 2. The molecule has 1 N–H and O–H groups in total. The van der Waals surface area contributed by atoms with Crippen molar-refractivity contribution in [2.24, 2.45) is 0 Å². The van der Waals surface area contributed by atoms with Gasteiger partial charge in [-0.2, -0.15) is 4.31 Å². The largest absolute Gasteiger partial charge is 0.454 e. The van der Waals surface area contributed by atoms with Crippen LogP contribution >= 0.6 is 0 Å². The smallest absolute Gasteiger partial charge is 0.259 e. The fraction of sp³-hybridized carbons (Fsp3) is 0.458. The van der Waals surface area contributed by atoms with Gasteiger partial charge in [-0.15, -0.1) is 0 Å². The van der Waals surface area contributed by atoms with E-state index in [-0.39, 0.29) is 16.4 Å². The third-order valence-electron chi connectivity index (χ3n) is 6.54. The number of carbonyl (C=O) groups is 1. The van der Waals surface area contributed by atoms with Gasteiger partial charge in [-0.25, -0.2) is 8.42 Å². The number of hydrogen-bond donors (Lipinski definition) is 1. The summed E-state index contributed by atoms with van der Waals surface area (Å²) in [6, 6.07) is 8.90. The molecule has 0 aliphatic carbocycles. The van der Waals surface area contributed by atoms with E-state index >= 15 is 0 Å². The molecule has 2 aromatic rings. The lowest BCUT2D eigenvalue weighted by Crippen LogP contribution is -2.37. The topological polar surface area (TPSA) is 79.0 Å². The first-order valence-electron chi connectivity index (χ1n) is 11.5. The molecule has 0 radical (unpaired) electrons. The number of piperidine rings is 2. The first-order chi connectivity index (χ1) is 15.4. The summed E-state index contributed by atoms with van der Waals surface area (Å²) < 4.78 is 35.2. The van der Waals surface area contributed by atoms with E-state index in [1.165, 1.54) is 6.07 Å². The number of carbonyl (C=O) groups excluding carboxylic acids is 1. The number of nitrogens with one attached hydrogen (secondary N) is 1. The van der Waals surface area contributed by atoms with Crippen LogP contribution in [-0.4, -0.2) is 44.8 Å². The van der Waals surface area contributed by atoms with Crippen LogP contribution in [0.2, 0.25) is 0 Å². The number of anilines is 2. The predicted molar refractivity (Wildman–Crippen MR) is 124 cm³/mol. The minimum Gasteiger partial charge on any atom is -0.454 e. The quantitative estimate of drug-likeness (QED) is 0.736. The Morgan fingerprint density at radius 1 is 0.875 bits per heavy atom. The maximum Gasteiger partial charge on any atom is 0.259 e. The fourth-order valence-electron chi connectivity index (χ4n) is 4.78. The molecule has 3 heterocycles. The number of nitrogens with zero attached hydrogens (tertiary/aromatic N) is 2. The molecule has 32 heavy (non-hydrogen) atoms. The summed E-state index contributed by atoms with van der Waals surface area (Å²) in [6.07, 6.45) is 5.95. The number of benzene rings is 2. The molecule has 3 aliphatic heterocycles. The Morgan fingerprint density at radius 2 is 1.56 bits per heavy atom. The molecule has 0 atom stereocenters. The Balaban J connectivity index is 1.65. The third kappa shape index (κ3) is 3.86. The summed E-state index contributed by atoms with van der Waals surface area (Å²) in [7, 11) is -3.73. The van der Waals surface area contributed by atoms with Gasteiger partial charge in [-0.05, 0) is 62.8 Å². The zero-order valence-corrected chi connectivity index (χ0v) is 19.2. The van der Waals surface area contributed by atoms with Crippen molar-refractivity contribution in [2.75, 3.05) is 36.4 Å². The highest BCUT2D eigenvalue weighted by molar-refractivity contribution is 7.89. The second-order valence-electron chi connectivity index (χ2n) is 8.88. The van der Waals surface area contributed by atoms with Gasteiger partial charge in [-0.1, -0.05) is 12.5 Å². The van der Waals surface area contributed by atoms with E-state index in [1.807, 2.05) is 25.1 Å². The second kappa shape index (κ2) is 8.41. The normalized spacial score (nSPS) is 19.4. The van der Waals surface area contributed by atoms with Gasteiger partial charge in [0, 0.05) is 32.2 Å². The SMILES string of the molecule is Cc1ccc2c(c1)NC(=O)c1cc(S(=O)(=O)N3CCCCC3)c(N3CCCCC3)cc1O2. The summed E-state index contributed by atoms with van der Waals surface area (Å²) in [5, 5.41) is 2.89. The molecule has 7 nitrogen and oxygen atoms in total. The molecule has 2 aromatic carbocycles. The highest BCUT2D eigenvalue weighted by atomic mass is 32.2. The number of hydrogen-bond acceptors (Lipinski definition) is 5. The van der Waals surface area contributed by atoms with Gasteiger partial charge >= 0.3 is 0 Å². The van der Waals surface area contributed by atoms with Crippen molar-refractivity contribution in [2.45, 2.75) is 50.3 Å². The summed E-state index contributed by atoms with van der Waals surface area (Å²) in [6.45, 7) is 4.58. The van der Waals surface area contributed by atoms with Crippen LogP contribution in [-0.2, 0) is 10.0 Å². The van der Waals surface area contributed by atoms with Crippen molar-refractivity contribution in [3.8, 4) is 11.5 Å². The van der Waals surface area contributed by atoms with Crippen molar-refractivity contribution in [1.82, 2.24) is 4.31 Å². The van der Waals surface area contributed by atoms with Gasteiger partial charge in [0.2, 0.25) is 10.0 Å². The molecular formula is C24H29N3O4S. The van der Waals surface area contributed by atoms with Crippen molar-refractivity contribution in [3.05, 3.63) is 41.5 Å². The predicted octanol–water partition coefficient (Wildman–Crippen LogP) is 4.52. The summed E-state index contributed by atoms with van der Waals surface area (Å²) in [5.74, 6) is 0.590. The number of aryl methyl sites for hydroxylation is 1. The molecule has 0 spiro atoms. The number of rotatable bonds is 3. The van der Waals surface area contributed by atoms with E-state index < -0.39 is 10.0 Å². The molecule has 8 heteroatoms. The van der Waals surface area contributed by atoms with Gasteiger partial charge < -0.3 is 15.0 Å². The Labute approximate surface area is 189 Å². The molecule has 5 rings (SSSR count). The van der Waals surface area contributed by atoms with Crippen molar-refractivity contribution < 1.29 is 17.9 Å². The lowest BCUT2D eigenvalue weighted by atomic mass is 10.1. The van der Waals surface area contributed by atoms with Crippen molar-refractivity contribution in [1.29, 1.82) is 0 Å². The molecule has 170 valence electrons. The Morgan fingerprint density at radius 3 is 2.28 bits per heavy atom. The first-order valence-corrected chi connectivity index (χ1v) is 12.9. The van der Waals surface area contributed by atoms with Gasteiger partial charge in [0.1, 0.15) is 10.6 Å². The lowest BCUT2D eigenvalue weighted by molar-refractivity contribution is 0.102. The van der Waals surface area contributed by atoms with Crippen LogP contribution in [0.15, 0.2) is 35.2 Å². The van der Waals surface area contributed by atoms with Crippen LogP contribution in [0.5, 0.6) is 11.5 Å². The molecule has 0 unspecified atom stereocenters. The van der Waals surface area contributed by atoms with Crippen LogP contribution in [0.25, 0.3) is 0 Å². The molecule has 0 bridgehead atoms. The molecule has 1 amide bonds.